The van der Waals surface area contributed by atoms with Gasteiger partial charge in [-0.1, -0.05) is 28.9 Å². The molecule has 2 aromatic carbocycles. The van der Waals surface area contributed by atoms with Gasteiger partial charge in [0.2, 0.25) is 0 Å². The second-order valence-electron chi connectivity index (χ2n) is 5.23. The number of methoxy groups -OCH3 is 1. The summed E-state index contributed by atoms with van der Waals surface area (Å²) in [6.07, 6.45) is -0.571. The maximum Gasteiger partial charge on any atom is 0.411 e. The number of aromatic nitrogens is 1. The van der Waals surface area contributed by atoms with Crippen molar-refractivity contribution >= 4 is 35.0 Å². The molecule has 1 aromatic heterocycles. The van der Waals surface area contributed by atoms with Crippen molar-refractivity contribution < 1.29 is 18.8 Å². The first-order valence-corrected chi connectivity index (χ1v) is 7.92. The Morgan fingerprint density at radius 2 is 1.73 bits per heavy atom. The fraction of sp³-hybridized carbons (Fsp3) is 0.0556. The molecule has 0 atom stereocenters. The first-order valence-electron chi connectivity index (χ1n) is 7.54. The molecule has 0 fully saturated rings. The third kappa shape index (κ3) is 4.20. The molecular weight excluding hydrogens is 358 g/mol. The predicted octanol–water partition coefficient (Wildman–Crippen LogP) is 4.43. The number of carbonyl (C=O) groups is 2. The van der Waals surface area contributed by atoms with Crippen molar-refractivity contribution in [2.24, 2.45) is 0 Å². The van der Waals surface area contributed by atoms with Crippen LogP contribution in [-0.2, 0) is 4.74 Å². The molecule has 0 saturated carbocycles. The minimum Gasteiger partial charge on any atom is -0.453 e. The number of amides is 2. The normalized spacial score (nSPS) is 10.2. The number of rotatable bonds is 4. The number of benzene rings is 2. The number of anilines is 2. The van der Waals surface area contributed by atoms with Crippen molar-refractivity contribution in [1.29, 1.82) is 0 Å². The minimum atomic E-state index is -0.571. The Labute approximate surface area is 153 Å². The van der Waals surface area contributed by atoms with Crippen LogP contribution >= 0.6 is 11.6 Å². The molecule has 0 unspecified atom stereocenters. The van der Waals surface area contributed by atoms with Crippen LogP contribution in [0, 0.1) is 0 Å². The molecular formula is C18H14ClN3O4. The van der Waals surface area contributed by atoms with E-state index in [0.717, 1.165) is 5.56 Å². The molecule has 7 nitrogen and oxygen atoms in total. The van der Waals surface area contributed by atoms with E-state index in [4.69, 9.17) is 16.1 Å². The zero-order valence-corrected chi connectivity index (χ0v) is 14.4. The van der Waals surface area contributed by atoms with Crippen molar-refractivity contribution in [3.8, 4) is 11.3 Å². The summed E-state index contributed by atoms with van der Waals surface area (Å²) in [6.45, 7) is 0. The van der Waals surface area contributed by atoms with E-state index >= 15 is 0 Å². The standard InChI is InChI=1S/C18H14ClN3O4/c1-25-18(24)21-14-7-5-13(6-8-14)20-17(23)15-10-16(26-22-15)11-3-2-4-12(19)9-11/h2-10H,1H3,(H,20,23)(H,21,24). The van der Waals surface area contributed by atoms with E-state index in [-0.39, 0.29) is 5.69 Å². The Hall–Kier alpha value is -3.32. The van der Waals surface area contributed by atoms with Crippen LogP contribution in [0.5, 0.6) is 0 Å². The topological polar surface area (TPSA) is 93.5 Å². The zero-order chi connectivity index (χ0) is 18.5. The lowest BCUT2D eigenvalue weighted by Crippen LogP contribution is -2.13. The van der Waals surface area contributed by atoms with E-state index in [9.17, 15) is 9.59 Å². The van der Waals surface area contributed by atoms with Gasteiger partial charge >= 0.3 is 6.09 Å². The maximum absolute atomic E-state index is 12.3. The Kier molecular flexibility index (Phi) is 5.19. The molecule has 0 aliphatic carbocycles. The monoisotopic (exact) mass is 371 g/mol. The molecule has 0 saturated heterocycles. The third-order valence-corrected chi connectivity index (χ3v) is 3.66. The summed E-state index contributed by atoms with van der Waals surface area (Å²) in [5.41, 5.74) is 1.94. The number of nitrogens with one attached hydrogen (secondary N) is 2. The van der Waals surface area contributed by atoms with Gasteiger partial charge in [-0.2, -0.15) is 0 Å². The zero-order valence-electron chi connectivity index (χ0n) is 13.7. The SMILES string of the molecule is COC(=O)Nc1ccc(NC(=O)c2cc(-c3cccc(Cl)c3)on2)cc1. The van der Waals surface area contributed by atoms with E-state index in [2.05, 4.69) is 20.5 Å². The highest BCUT2D eigenvalue weighted by atomic mass is 35.5. The van der Waals surface area contributed by atoms with Gasteiger partial charge in [-0.15, -0.1) is 0 Å². The fourth-order valence-electron chi connectivity index (χ4n) is 2.16. The van der Waals surface area contributed by atoms with Crippen LogP contribution in [0.2, 0.25) is 5.02 Å². The van der Waals surface area contributed by atoms with Gasteiger partial charge in [-0.3, -0.25) is 10.1 Å². The van der Waals surface area contributed by atoms with Gasteiger partial charge in [0.05, 0.1) is 7.11 Å². The van der Waals surface area contributed by atoms with Crippen molar-refractivity contribution in [3.05, 3.63) is 65.3 Å². The van der Waals surface area contributed by atoms with Gasteiger partial charge in [0, 0.05) is 28.0 Å². The molecule has 0 aliphatic rings. The molecule has 0 spiro atoms. The van der Waals surface area contributed by atoms with Crippen LogP contribution in [0.25, 0.3) is 11.3 Å². The van der Waals surface area contributed by atoms with E-state index in [0.29, 0.717) is 22.2 Å². The average molecular weight is 372 g/mol. The summed E-state index contributed by atoms with van der Waals surface area (Å²) < 4.78 is 9.72. The summed E-state index contributed by atoms with van der Waals surface area (Å²) in [5, 5.41) is 9.56. The molecule has 0 radical (unpaired) electrons. The summed E-state index contributed by atoms with van der Waals surface area (Å²) >= 11 is 5.95. The van der Waals surface area contributed by atoms with E-state index in [1.807, 2.05) is 0 Å². The summed E-state index contributed by atoms with van der Waals surface area (Å²) in [7, 11) is 1.28. The first-order chi connectivity index (χ1) is 12.5. The molecule has 0 bridgehead atoms. The van der Waals surface area contributed by atoms with Crippen LogP contribution in [0.4, 0.5) is 16.2 Å². The number of ether oxygens (including phenoxy) is 1. The average Bonchev–Trinajstić information content (AvgIpc) is 3.13. The molecule has 8 heteroatoms. The first kappa shape index (κ1) is 17.5. The van der Waals surface area contributed by atoms with E-state index in [1.165, 1.54) is 13.2 Å². The number of hydrogen-bond donors (Lipinski definition) is 2. The van der Waals surface area contributed by atoms with Crippen LogP contribution in [0.3, 0.4) is 0 Å². The molecule has 2 amide bonds. The maximum atomic E-state index is 12.3. The van der Waals surface area contributed by atoms with Crippen molar-refractivity contribution in [1.82, 2.24) is 5.16 Å². The van der Waals surface area contributed by atoms with E-state index in [1.54, 1.807) is 48.5 Å². The van der Waals surface area contributed by atoms with Crippen LogP contribution in [0.15, 0.2) is 59.1 Å². The lowest BCUT2D eigenvalue weighted by Gasteiger charge is -2.06. The Morgan fingerprint density at radius 1 is 1.04 bits per heavy atom. The number of carbonyl (C=O) groups excluding carboxylic acids is 2. The minimum absolute atomic E-state index is 0.136. The third-order valence-electron chi connectivity index (χ3n) is 3.43. The highest BCUT2D eigenvalue weighted by Gasteiger charge is 2.14. The van der Waals surface area contributed by atoms with Crippen LogP contribution in [-0.4, -0.2) is 24.3 Å². The molecule has 3 rings (SSSR count). The summed E-state index contributed by atoms with van der Waals surface area (Å²) in [6, 6.07) is 15.1. The predicted molar refractivity (Wildman–Crippen MR) is 97.4 cm³/mol. The van der Waals surface area contributed by atoms with Crippen molar-refractivity contribution in [2.75, 3.05) is 17.7 Å². The van der Waals surface area contributed by atoms with Crippen LogP contribution < -0.4 is 10.6 Å². The number of halogens is 1. The smallest absolute Gasteiger partial charge is 0.411 e. The van der Waals surface area contributed by atoms with Gasteiger partial charge in [-0.25, -0.2) is 4.79 Å². The Balaban J connectivity index is 1.68. The van der Waals surface area contributed by atoms with E-state index < -0.39 is 12.0 Å². The largest absolute Gasteiger partial charge is 0.453 e. The molecule has 132 valence electrons. The lowest BCUT2D eigenvalue weighted by atomic mass is 10.1. The van der Waals surface area contributed by atoms with Gasteiger partial charge in [0.25, 0.3) is 5.91 Å². The summed E-state index contributed by atoms with van der Waals surface area (Å²) in [4.78, 5) is 23.4. The van der Waals surface area contributed by atoms with Gasteiger partial charge < -0.3 is 14.6 Å². The molecule has 0 aliphatic heterocycles. The fourth-order valence-corrected chi connectivity index (χ4v) is 2.35. The lowest BCUT2D eigenvalue weighted by molar-refractivity contribution is 0.101. The molecule has 2 N–H and O–H groups in total. The van der Waals surface area contributed by atoms with Crippen molar-refractivity contribution in [3.63, 3.8) is 0 Å². The van der Waals surface area contributed by atoms with Crippen molar-refractivity contribution in [2.45, 2.75) is 0 Å². The second-order valence-corrected chi connectivity index (χ2v) is 5.67. The molecule has 3 aromatic rings. The number of hydrogen-bond acceptors (Lipinski definition) is 5. The highest BCUT2D eigenvalue weighted by Crippen LogP contribution is 2.24. The van der Waals surface area contributed by atoms with Crippen LogP contribution in [0.1, 0.15) is 10.5 Å². The van der Waals surface area contributed by atoms with Gasteiger partial charge in [0.15, 0.2) is 11.5 Å². The Bertz CT molecular complexity index is 938. The highest BCUT2D eigenvalue weighted by molar-refractivity contribution is 6.30. The summed E-state index contributed by atoms with van der Waals surface area (Å²) in [5.74, 6) is 0.0194. The Morgan fingerprint density at radius 3 is 2.38 bits per heavy atom. The molecule has 26 heavy (non-hydrogen) atoms. The van der Waals surface area contributed by atoms with Gasteiger partial charge in [-0.05, 0) is 36.4 Å². The second kappa shape index (κ2) is 7.71. The van der Waals surface area contributed by atoms with Gasteiger partial charge in [0.1, 0.15) is 0 Å². The molecule has 1 heterocycles. The number of nitrogens with zero attached hydrogens (tertiary/aromatic N) is 1. The quantitative estimate of drug-likeness (QED) is 0.707.